The van der Waals surface area contributed by atoms with Crippen molar-refractivity contribution in [1.29, 1.82) is 0 Å². The molecule has 0 fully saturated rings. The number of hydrogen-bond acceptors (Lipinski definition) is 6. The van der Waals surface area contributed by atoms with E-state index in [1.54, 1.807) is 20.3 Å². The molecule has 6 nitrogen and oxygen atoms in total. The Kier molecular flexibility index (Phi) is 4.29. The first-order valence-electron chi connectivity index (χ1n) is 6.86. The number of anilines is 2. The second-order valence-electron chi connectivity index (χ2n) is 4.64. The van der Waals surface area contributed by atoms with E-state index in [0.717, 1.165) is 23.0 Å². The molecule has 23 heavy (non-hydrogen) atoms. The van der Waals surface area contributed by atoms with Gasteiger partial charge < -0.3 is 14.8 Å². The van der Waals surface area contributed by atoms with Gasteiger partial charge in [-0.05, 0) is 24.3 Å². The van der Waals surface area contributed by atoms with Crippen molar-refractivity contribution in [2.24, 2.45) is 0 Å². The largest absolute Gasteiger partial charge is 0.497 e. The normalized spacial score (nSPS) is 10.3. The molecule has 118 valence electrons. The van der Waals surface area contributed by atoms with Gasteiger partial charge in [-0.2, -0.15) is 4.37 Å². The van der Waals surface area contributed by atoms with Gasteiger partial charge in [0.2, 0.25) is 5.95 Å². The Morgan fingerprint density at radius 3 is 2.70 bits per heavy atom. The Bertz CT molecular complexity index is 873. The average Bonchev–Trinajstić information content (AvgIpc) is 2.95. The van der Waals surface area contributed by atoms with Crippen LogP contribution in [0.2, 0.25) is 0 Å². The highest BCUT2D eigenvalue weighted by Crippen LogP contribution is 2.26. The van der Waals surface area contributed by atoms with Gasteiger partial charge in [0.15, 0.2) is 0 Å². The molecule has 0 radical (unpaired) electrons. The molecular formula is C16H15N3O3S. The van der Waals surface area contributed by atoms with E-state index in [2.05, 4.69) is 9.69 Å². The molecule has 0 aliphatic heterocycles. The van der Waals surface area contributed by atoms with Gasteiger partial charge in [-0.1, -0.05) is 18.2 Å². The molecule has 0 amide bonds. The zero-order valence-corrected chi connectivity index (χ0v) is 13.5. The third-order valence-corrected chi connectivity index (χ3v) is 3.86. The number of nitrogens with one attached hydrogen (secondary N) is 1. The number of nitrogens with zero attached hydrogens (tertiary/aromatic N) is 2. The third kappa shape index (κ3) is 3.04. The number of benzene rings is 2. The minimum atomic E-state index is -0.195. The predicted octanol–water partition coefficient (Wildman–Crippen LogP) is 3.05. The van der Waals surface area contributed by atoms with Gasteiger partial charge in [0.1, 0.15) is 11.5 Å². The molecule has 1 aromatic heterocycles. The van der Waals surface area contributed by atoms with Crippen molar-refractivity contribution in [2.45, 2.75) is 0 Å². The Balaban J connectivity index is 2.03. The lowest BCUT2D eigenvalue weighted by Crippen LogP contribution is -2.14. The van der Waals surface area contributed by atoms with Crippen LogP contribution in [-0.4, -0.2) is 23.2 Å². The quantitative estimate of drug-likeness (QED) is 0.779. The Hall–Kier alpha value is -2.80. The number of hydrogen-bond donors (Lipinski definition) is 1. The molecule has 0 aliphatic carbocycles. The van der Waals surface area contributed by atoms with E-state index in [1.165, 1.54) is 4.57 Å². The highest BCUT2D eigenvalue weighted by atomic mass is 32.1. The van der Waals surface area contributed by atoms with Gasteiger partial charge in [0, 0.05) is 23.3 Å². The summed E-state index contributed by atoms with van der Waals surface area (Å²) >= 11 is 0.882. The summed E-state index contributed by atoms with van der Waals surface area (Å²) in [6.45, 7) is 0. The Morgan fingerprint density at radius 1 is 1.09 bits per heavy atom. The van der Waals surface area contributed by atoms with E-state index >= 15 is 0 Å². The monoisotopic (exact) mass is 329 g/mol. The Labute approximate surface area is 137 Å². The van der Waals surface area contributed by atoms with Crippen molar-refractivity contribution < 1.29 is 9.47 Å². The summed E-state index contributed by atoms with van der Waals surface area (Å²) in [5.41, 5.74) is 1.41. The standard InChI is InChI=1S/C16H15N3O3S/c1-21-12-7-5-6-11(10-12)17-15-18-23-16(20)19(15)13-8-3-4-9-14(13)22-2/h3-10H,1-2H3,(H,17,18). The number of ether oxygens (including phenoxy) is 2. The lowest BCUT2D eigenvalue weighted by Gasteiger charge is -2.12. The molecule has 0 saturated carbocycles. The van der Waals surface area contributed by atoms with Crippen molar-refractivity contribution in [2.75, 3.05) is 19.5 Å². The molecule has 1 N–H and O–H groups in total. The maximum absolute atomic E-state index is 12.2. The van der Waals surface area contributed by atoms with Gasteiger partial charge in [-0.25, -0.2) is 4.57 Å². The molecule has 0 atom stereocenters. The van der Waals surface area contributed by atoms with E-state index in [-0.39, 0.29) is 4.87 Å². The van der Waals surface area contributed by atoms with Gasteiger partial charge in [-0.3, -0.25) is 4.79 Å². The molecule has 0 saturated heterocycles. The second-order valence-corrected chi connectivity index (χ2v) is 5.35. The van der Waals surface area contributed by atoms with E-state index in [0.29, 0.717) is 17.4 Å². The maximum atomic E-state index is 12.2. The molecule has 0 bridgehead atoms. The number of aromatic nitrogens is 2. The van der Waals surface area contributed by atoms with Crippen LogP contribution in [0.5, 0.6) is 11.5 Å². The lowest BCUT2D eigenvalue weighted by atomic mass is 10.3. The van der Waals surface area contributed by atoms with Crippen molar-refractivity contribution >= 4 is 23.2 Å². The summed E-state index contributed by atoms with van der Waals surface area (Å²) in [5, 5.41) is 3.14. The second kappa shape index (κ2) is 6.53. The minimum Gasteiger partial charge on any atom is -0.497 e. The molecule has 0 unspecified atom stereocenters. The Morgan fingerprint density at radius 2 is 1.91 bits per heavy atom. The summed E-state index contributed by atoms with van der Waals surface area (Å²) in [6.07, 6.45) is 0. The summed E-state index contributed by atoms with van der Waals surface area (Å²) in [7, 11) is 3.17. The van der Waals surface area contributed by atoms with Crippen molar-refractivity contribution in [3.05, 3.63) is 58.2 Å². The summed E-state index contributed by atoms with van der Waals surface area (Å²) in [4.78, 5) is 12.0. The lowest BCUT2D eigenvalue weighted by molar-refractivity contribution is 0.413. The zero-order chi connectivity index (χ0) is 16.2. The number of para-hydroxylation sites is 2. The molecule has 3 rings (SSSR count). The van der Waals surface area contributed by atoms with Crippen molar-refractivity contribution in [3.8, 4) is 17.2 Å². The molecule has 0 spiro atoms. The average molecular weight is 329 g/mol. The summed E-state index contributed by atoms with van der Waals surface area (Å²) in [5.74, 6) is 1.75. The van der Waals surface area contributed by atoms with Crippen LogP contribution in [0.15, 0.2) is 53.3 Å². The van der Waals surface area contributed by atoms with Crippen LogP contribution in [0.4, 0.5) is 11.6 Å². The minimum absolute atomic E-state index is 0.195. The van der Waals surface area contributed by atoms with E-state index in [1.807, 2.05) is 42.5 Å². The van der Waals surface area contributed by atoms with Crippen LogP contribution in [0.25, 0.3) is 5.69 Å². The fourth-order valence-corrected chi connectivity index (χ4v) is 2.74. The van der Waals surface area contributed by atoms with Crippen LogP contribution in [0, 0.1) is 0 Å². The zero-order valence-electron chi connectivity index (χ0n) is 12.6. The van der Waals surface area contributed by atoms with E-state index in [4.69, 9.17) is 9.47 Å². The molecule has 0 aliphatic rings. The van der Waals surface area contributed by atoms with Gasteiger partial charge in [0.05, 0.1) is 19.9 Å². The van der Waals surface area contributed by atoms with Gasteiger partial charge in [-0.15, -0.1) is 0 Å². The van der Waals surface area contributed by atoms with Crippen LogP contribution in [0.3, 0.4) is 0 Å². The predicted molar refractivity (Wildman–Crippen MR) is 90.5 cm³/mol. The summed E-state index contributed by atoms with van der Waals surface area (Å²) < 4.78 is 16.2. The first kappa shape index (κ1) is 15.1. The molecule has 2 aromatic carbocycles. The smallest absolute Gasteiger partial charge is 0.332 e. The number of methoxy groups -OCH3 is 2. The first-order chi connectivity index (χ1) is 11.2. The first-order valence-corrected chi connectivity index (χ1v) is 7.63. The van der Waals surface area contributed by atoms with Crippen LogP contribution < -0.4 is 19.7 Å². The molecule has 3 aromatic rings. The molecular weight excluding hydrogens is 314 g/mol. The maximum Gasteiger partial charge on any atom is 0.332 e. The van der Waals surface area contributed by atoms with Crippen LogP contribution in [-0.2, 0) is 0 Å². The van der Waals surface area contributed by atoms with Crippen molar-refractivity contribution in [3.63, 3.8) is 0 Å². The van der Waals surface area contributed by atoms with E-state index < -0.39 is 0 Å². The highest BCUT2D eigenvalue weighted by Gasteiger charge is 2.14. The van der Waals surface area contributed by atoms with Gasteiger partial charge in [0.25, 0.3) is 0 Å². The van der Waals surface area contributed by atoms with Gasteiger partial charge >= 0.3 is 4.87 Å². The van der Waals surface area contributed by atoms with Crippen molar-refractivity contribution in [1.82, 2.24) is 8.94 Å². The molecule has 7 heteroatoms. The van der Waals surface area contributed by atoms with Crippen LogP contribution >= 0.6 is 11.5 Å². The topological polar surface area (TPSA) is 65.4 Å². The summed E-state index contributed by atoms with van der Waals surface area (Å²) in [6, 6.07) is 14.7. The SMILES string of the molecule is COc1cccc(Nc2nsc(=O)n2-c2ccccc2OC)c1. The highest BCUT2D eigenvalue weighted by molar-refractivity contribution is 7.03. The fraction of sp³-hybridized carbons (Fsp3) is 0.125. The molecule has 1 heterocycles. The fourth-order valence-electron chi connectivity index (χ4n) is 2.19. The van der Waals surface area contributed by atoms with Crippen LogP contribution in [0.1, 0.15) is 0 Å². The number of rotatable bonds is 5. The van der Waals surface area contributed by atoms with E-state index in [9.17, 15) is 4.79 Å². The third-order valence-electron chi connectivity index (χ3n) is 3.26.